The number of guanidine groups is 1. The minimum atomic E-state index is 0. The lowest BCUT2D eigenvalue weighted by atomic mass is 10.1. The summed E-state index contributed by atoms with van der Waals surface area (Å²) in [6.45, 7) is 6.16. The molecule has 150 valence electrons. The van der Waals surface area contributed by atoms with E-state index < -0.39 is 0 Å². The fourth-order valence-corrected chi connectivity index (χ4v) is 3.32. The summed E-state index contributed by atoms with van der Waals surface area (Å²) in [6, 6.07) is 6.26. The average Bonchev–Trinajstić information content (AvgIpc) is 3.04. The monoisotopic (exact) mass is 503 g/mol. The number of aromatic nitrogens is 1. The molecule has 1 aromatic carbocycles. The summed E-state index contributed by atoms with van der Waals surface area (Å²) < 4.78 is 5.88. The third-order valence-corrected chi connectivity index (χ3v) is 4.87. The van der Waals surface area contributed by atoms with Crippen LogP contribution in [0.1, 0.15) is 16.8 Å². The first-order valence-corrected chi connectivity index (χ1v) is 9.51. The highest BCUT2D eigenvalue weighted by Gasteiger charge is 2.08. The molecule has 0 aliphatic carbocycles. The normalized spacial score (nSPS) is 11.0. The predicted molar refractivity (Wildman–Crippen MR) is 126 cm³/mol. The lowest BCUT2D eigenvalue weighted by Crippen LogP contribution is -2.40. The fourth-order valence-electron chi connectivity index (χ4n) is 2.56. The van der Waals surface area contributed by atoms with Crippen LogP contribution in [0.25, 0.3) is 0 Å². The van der Waals surface area contributed by atoms with Crippen LogP contribution in [-0.2, 0) is 6.54 Å². The number of likely N-dealkylation sites (N-methyl/N-ethyl adjacent to an activating group) is 1. The van der Waals surface area contributed by atoms with E-state index in [0.717, 1.165) is 29.1 Å². The molecule has 27 heavy (non-hydrogen) atoms. The zero-order chi connectivity index (χ0) is 19.1. The second kappa shape index (κ2) is 11.3. The lowest BCUT2D eigenvalue weighted by molar-refractivity contribution is 0.281. The molecule has 0 amide bonds. The highest BCUT2D eigenvalue weighted by Crippen LogP contribution is 2.18. The number of rotatable bonds is 7. The van der Waals surface area contributed by atoms with Crippen molar-refractivity contribution in [3.8, 4) is 5.75 Å². The lowest BCUT2D eigenvalue weighted by Gasteiger charge is -2.22. The minimum Gasteiger partial charge on any atom is -0.492 e. The van der Waals surface area contributed by atoms with Crippen molar-refractivity contribution in [1.29, 1.82) is 0 Å². The van der Waals surface area contributed by atoms with E-state index in [9.17, 15) is 0 Å². The molecule has 0 fully saturated rings. The van der Waals surface area contributed by atoms with Gasteiger partial charge in [0, 0.05) is 33.6 Å². The minimum absolute atomic E-state index is 0. The van der Waals surface area contributed by atoms with Gasteiger partial charge >= 0.3 is 0 Å². The van der Waals surface area contributed by atoms with E-state index in [1.165, 1.54) is 11.1 Å². The Labute approximate surface area is 183 Å². The molecule has 1 heterocycles. The van der Waals surface area contributed by atoms with Gasteiger partial charge in [-0.2, -0.15) is 0 Å². The van der Waals surface area contributed by atoms with Crippen LogP contribution in [0.4, 0.5) is 5.13 Å². The first kappa shape index (κ1) is 23.5. The van der Waals surface area contributed by atoms with Crippen molar-refractivity contribution in [2.75, 3.05) is 46.2 Å². The van der Waals surface area contributed by atoms with E-state index in [0.29, 0.717) is 13.2 Å². The Morgan fingerprint density at radius 2 is 1.85 bits per heavy atom. The van der Waals surface area contributed by atoms with Gasteiger partial charge in [-0.05, 0) is 37.1 Å². The summed E-state index contributed by atoms with van der Waals surface area (Å²) in [6.07, 6.45) is 0. The van der Waals surface area contributed by atoms with Crippen LogP contribution in [-0.4, -0.2) is 57.2 Å². The van der Waals surface area contributed by atoms with Crippen molar-refractivity contribution in [2.24, 2.45) is 4.99 Å². The third-order valence-electron chi connectivity index (χ3n) is 3.81. The van der Waals surface area contributed by atoms with Gasteiger partial charge in [0.25, 0.3) is 0 Å². The van der Waals surface area contributed by atoms with E-state index in [-0.39, 0.29) is 24.0 Å². The van der Waals surface area contributed by atoms with Crippen LogP contribution in [0, 0.1) is 13.8 Å². The molecule has 2 aromatic rings. The van der Waals surface area contributed by atoms with Gasteiger partial charge in [0.1, 0.15) is 12.4 Å². The third kappa shape index (κ3) is 7.53. The summed E-state index contributed by atoms with van der Waals surface area (Å²) in [7, 11) is 7.79. The van der Waals surface area contributed by atoms with Crippen molar-refractivity contribution in [3.63, 3.8) is 0 Å². The van der Waals surface area contributed by atoms with Crippen LogP contribution in [0.3, 0.4) is 0 Å². The van der Waals surface area contributed by atoms with Gasteiger partial charge in [0.15, 0.2) is 11.1 Å². The molecule has 0 radical (unpaired) electrons. The van der Waals surface area contributed by atoms with Gasteiger partial charge in [-0.15, -0.1) is 35.3 Å². The molecule has 8 heteroatoms. The molecule has 6 nitrogen and oxygen atoms in total. The fraction of sp³-hybridized carbons (Fsp3) is 0.474. The SMILES string of the molecule is CN=C(NCc1csc(N(C)C)n1)N(C)CCOc1cc(C)cc(C)c1.I. The summed E-state index contributed by atoms with van der Waals surface area (Å²) >= 11 is 1.64. The number of hydrogen-bond donors (Lipinski definition) is 1. The van der Waals surface area contributed by atoms with Crippen LogP contribution in [0.2, 0.25) is 0 Å². The molecule has 0 spiro atoms. The van der Waals surface area contributed by atoms with E-state index in [1.54, 1.807) is 18.4 Å². The van der Waals surface area contributed by atoms with Crippen molar-refractivity contribution in [2.45, 2.75) is 20.4 Å². The molecule has 0 saturated heterocycles. The average molecular weight is 503 g/mol. The molecule has 1 aromatic heterocycles. The second-order valence-electron chi connectivity index (χ2n) is 6.51. The standard InChI is InChI=1S/C19H29N5OS.HI/c1-14-9-15(2)11-17(10-14)25-8-7-24(6)18(20-3)21-12-16-13-26-19(22-16)23(4)5;/h9-11,13H,7-8,12H2,1-6H3,(H,20,21);1H. The number of nitrogens with one attached hydrogen (secondary N) is 1. The summed E-state index contributed by atoms with van der Waals surface area (Å²) in [5, 5.41) is 6.43. The molecule has 1 N–H and O–H groups in total. The number of anilines is 1. The zero-order valence-electron chi connectivity index (χ0n) is 16.9. The Hall–Kier alpha value is -1.55. The van der Waals surface area contributed by atoms with E-state index >= 15 is 0 Å². The number of nitrogens with zero attached hydrogens (tertiary/aromatic N) is 4. The van der Waals surface area contributed by atoms with Gasteiger partial charge < -0.3 is 19.9 Å². The Kier molecular flexibility index (Phi) is 9.86. The van der Waals surface area contributed by atoms with Crippen molar-refractivity contribution in [3.05, 3.63) is 40.4 Å². The van der Waals surface area contributed by atoms with Crippen LogP contribution in [0.15, 0.2) is 28.6 Å². The first-order valence-electron chi connectivity index (χ1n) is 8.63. The Morgan fingerprint density at radius 1 is 1.19 bits per heavy atom. The van der Waals surface area contributed by atoms with Gasteiger partial charge in [-0.3, -0.25) is 4.99 Å². The predicted octanol–water partition coefficient (Wildman–Crippen LogP) is 3.53. The molecule has 0 aliphatic rings. The molecular formula is C19H30IN5OS. The smallest absolute Gasteiger partial charge is 0.193 e. The maximum atomic E-state index is 5.88. The van der Waals surface area contributed by atoms with Crippen molar-refractivity contribution in [1.82, 2.24) is 15.2 Å². The summed E-state index contributed by atoms with van der Waals surface area (Å²) in [5.41, 5.74) is 3.44. The van der Waals surface area contributed by atoms with E-state index in [1.807, 2.05) is 26.0 Å². The number of aryl methyl sites for hydroxylation is 2. The molecule has 0 aliphatic heterocycles. The highest BCUT2D eigenvalue weighted by molar-refractivity contribution is 14.0. The van der Waals surface area contributed by atoms with Gasteiger partial charge in [0.05, 0.1) is 18.8 Å². The zero-order valence-corrected chi connectivity index (χ0v) is 20.1. The molecular weight excluding hydrogens is 473 g/mol. The highest BCUT2D eigenvalue weighted by atomic mass is 127. The molecule has 0 saturated carbocycles. The number of benzene rings is 1. The largest absolute Gasteiger partial charge is 0.492 e. The molecule has 2 rings (SSSR count). The Morgan fingerprint density at radius 3 is 2.41 bits per heavy atom. The number of thiazole rings is 1. The Bertz CT molecular complexity index is 727. The molecule has 0 atom stereocenters. The van der Waals surface area contributed by atoms with Crippen molar-refractivity contribution >= 4 is 46.4 Å². The molecule has 0 bridgehead atoms. The van der Waals surface area contributed by atoms with Gasteiger partial charge in [-0.25, -0.2) is 4.98 Å². The van der Waals surface area contributed by atoms with E-state index in [4.69, 9.17) is 4.74 Å². The van der Waals surface area contributed by atoms with Crippen LogP contribution < -0.4 is 15.0 Å². The van der Waals surface area contributed by atoms with Crippen molar-refractivity contribution < 1.29 is 4.74 Å². The van der Waals surface area contributed by atoms with Crippen LogP contribution in [0.5, 0.6) is 5.75 Å². The van der Waals surface area contributed by atoms with Crippen LogP contribution >= 0.6 is 35.3 Å². The quantitative estimate of drug-likeness (QED) is 0.356. The van der Waals surface area contributed by atoms with Gasteiger partial charge in [0.2, 0.25) is 0 Å². The summed E-state index contributed by atoms with van der Waals surface area (Å²) in [4.78, 5) is 13.0. The number of hydrogen-bond acceptors (Lipinski definition) is 5. The number of ether oxygens (including phenoxy) is 1. The topological polar surface area (TPSA) is 53.0 Å². The summed E-state index contributed by atoms with van der Waals surface area (Å²) in [5.74, 6) is 1.74. The van der Waals surface area contributed by atoms with E-state index in [2.05, 4.69) is 57.6 Å². The number of halogens is 1. The maximum absolute atomic E-state index is 5.88. The number of aliphatic imine (C=N–C) groups is 1. The first-order chi connectivity index (χ1) is 12.4. The maximum Gasteiger partial charge on any atom is 0.193 e. The second-order valence-corrected chi connectivity index (χ2v) is 7.35. The van der Waals surface area contributed by atoms with Gasteiger partial charge in [-0.1, -0.05) is 6.07 Å². The molecule has 0 unspecified atom stereocenters. The Balaban J connectivity index is 0.00000364.